The van der Waals surface area contributed by atoms with Crippen LogP contribution in [-0.4, -0.2) is 36.4 Å². The van der Waals surface area contributed by atoms with Crippen molar-refractivity contribution in [1.82, 2.24) is 15.2 Å². The number of hydrogen-bond acceptors (Lipinski definition) is 3. The van der Waals surface area contributed by atoms with Crippen LogP contribution in [0.3, 0.4) is 0 Å². The molecular weight excluding hydrogens is 331 g/mol. The lowest BCUT2D eigenvalue weighted by Crippen LogP contribution is -2.35. The van der Waals surface area contributed by atoms with Gasteiger partial charge in [-0.15, -0.1) is 0 Å². The van der Waals surface area contributed by atoms with Gasteiger partial charge in [-0.05, 0) is 38.7 Å². The molecule has 1 aromatic carbocycles. The standard InChI is InChI=1S/C18H20F3N3O/c1-12-6-8-13(9-7-12)15(24(2)3)11-23-17(25)14-5-4-10-22-16(14)18(19,20)21/h4-10,15H,11H2,1-3H3,(H,23,25). The first-order valence-electron chi connectivity index (χ1n) is 7.73. The van der Waals surface area contributed by atoms with E-state index in [1.165, 1.54) is 6.07 Å². The number of nitrogens with zero attached hydrogens (tertiary/aromatic N) is 2. The highest BCUT2D eigenvalue weighted by molar-refractivity contribution is 5.95. The van der Waals surface area contributed by atoms with E-state index in [-0.39, 0.29) is 12.6 Å². The van der Waals surface area contributed by atoms with Crippen molar-refractivity contribution in [2.24, 2.45) is 0 Å². The summed E-state index contributed by atoms with van der Waals surface area (Å²) in [6, 6.07) is 10.1. The van der Waals surface area contributed by atoms with Gasteiger partial charge in [-0.1, -0.05) is 29.8 Å². The van der Waals surface area contributed by atoms with E-state index in [0.717, 1.165) is 23.4 Å². The lowest BCUT2D eigenvalue weighted by Gasteiger charge is -2.25. The van der Waals surface area contributed by atoms with Crippen molar-refractivity contribution in [3.63, 3.8) is 0 Å². The van der Waals surface area contributed by atoms with Gasteiger partial charge in [-0.2, -0.15) is 13.2 Å². The van der Waals surface area contributed by atoms with Crippen molar-refractivity contribution in [1.29, 1.82) is 0 Å². The van der Waals surface area contributed by atoms with Crippen molar-refractivity contribution in [2.75, 3.05) is 20.6 Å². The molecule has 0 spiro atoms. The Balaban J connectivity index is 2.16. The number of carbonyl (C=O) groups is 1. The van der Waals surface area contributed by atoms with Crippen LogP contribution in [-0.2, 0) is 6.18 Å². The molecule has 0 saturated carbocycles. The number of aromatic nitrogens is 1. The third-order valence-electron chi connectivity index (χ3n) is 3.86. The molecule has 0 bridgehead atoms. The fourth-order valence-electron chi connectivity index (χ4n) is 2.49. The first-order chi connectivity index (χ1) is 11.7. The van der Waals surface area contributed by atoms with Crippen molar-refractivity contribution in [3.05, 3.63) is 65.0 Å². The van der Waals surface area contributed by atoms with Gasteiger partial charge in [0, 0.05) is 12.7 Å². The number of carbonyl (C=O) groups excluding carboxylic acids is 1. The van der Waals surface area contributed by atoms with Crippen LogP contribution >= 0.6 is 0 Å². The van der Waals surface area contributed by atoms with E-state index in [2.05, 4.69) is 10.3 Å². The minimum absolute atomic E-state index is 0.157. The Bertz CT molecular complexity index is 727. The summed E-state index contributed by atoms with van der Waals surface area (Å²) in [5.41, 5.74) is 0.425. The topological polar surface area (TPSA) is 45.2 Å². The van der Waals surface area contributed by atoms with Gasteiger partial charge in [0.1, 0.15) is 0 Å². The second kappa shape index (κ2) is 7.65. The maximum absolute atomic E-state index is 13.0. The molecule has 0 aliphatic carbocycles. The molecule has 4 nitrogen and oxygen atoms in total. The summed E-state index contributed by atoms with van der Waals surface area (Å²) < 4.78 is 39.0. The Hall–Kier alpha value is -2.41. The molecule has 0 fully saturated rings. The van der Waals surface area contributed by atoms with Crippen molar-refractivity contribution < 1.29 is 18.0 Å². The predicted octanol–water partition coefficient (Wildman–Crippen LogP) is 3.44. The summed E-state index contributed by atoms with van der Waals surface area (Å²) in [6.45, 7) is 2.15. The minimum Gasteiger partial charge on any atom is -0.350 e. The first-order valence-corrected chi connectivity index (χ1v) is 7.73. The molecule has 1 amide bonds. The van der Waals surface area contributed by atoms with Crippen LogP contribution in [0.5, 0.6) is 0 Å². The smallest absolute Gasteiger partial charge is 0.350 e. The zero-order chi connectivity index (χ0) is 18.6. The van der Waals surface area contributed by atoms with Crippen LogP contribution in [0.25, 0.3) is 0 Å². The average molecular weight is 351 g/mol. The van der Waals surface area contributed by atoms with Crippen molar-refractivity contribution in [3.8, 4) is 0 Å². The molecule has 1 heterocycles. The SMILES string of the molecule is Cc1ccc(C(CNC(=O)c2cccnc2C(F)(F)F)N(C)C)cc1. The lowest BCUT2D eigenvalue weighted by atomic mass is 10.0. The number of aryl methyl sites for hydroxylation is 1. The molecule has 25 heavy (non-hydrogen) atoms. The lowest BCUT2D eigenvalue weighted by molar-refractivity contribution is -0.141. The van der Waals surface area contributed by atoms with Crippen LogP contribution in [0.4, 0.5) is 13.2 Å². The number of rotatable bonds is 5. The van der Waals surface area contributed by atoms with Crippen LogP contribution < -0.4 is 5.32 Å². The molecule has 0 saturated heterocycles. The second-order valence-electron chi connectivity index (χ2n) is 6.00. The molecule has 1 N–H and O–H groups in total. The molecule has 134 valence electrons. The van der Waals surface area contributed by atoms with Gasteiger partial charge in [0.25, 0.3) is 5.91 Å². The highest BCUT2D eigenvalue weighted by Crippen LogP contribution is 2.30. The molecule has 0 aliphatic heterocycles. The van der Waals surface area contributed by atoms with E-state index in [9.17, 15) is 18.0 Å². The van der Waals surface area contributed by atoms with Crippen LogP contribution in [0.15, 0.2) is 42.6 Å². The van der Waals surface area contributed by atoms with Gasteiger partial charge in [-0.25, -0.2) is 0 Å². The molecule has 0 radical (unpaired) electrons. The quantitative estimate of drug-likeness (QED) is 0.898. The molecule has 7 heteroatoms. The first kappa shape index (κ1) is 18.9. The van der Waals surface area contributed by atoms with Gasteiger partial charge >= 0.3 is 6.18 Å². The zero-order valence-corrected chi connectivity index (χ0v) is 14.3. The molecule has 1 atom stereocenters. The number of amides is 1. The highest BCUT2D eigenvalue weighted by atomic mass is 19.4. The normalized spacial score (nSPS) is 12.9. The molecule has 0 aliphatic rings. The maximum Gasteiger partial charge on any atom is 0.434 e. The minimum atomic E-state index is -4.67. The third kappa shape index (κ3) is 4.79. The van der Waals surface area contributed by atoms with Crippen LogP contribution in [0.2, 0.25) is 0 Å². The Morgan fingerprint density at radius 1 is 1.20 bits per heavy atom. The molecule has 2 rings (SSSR count). The third-order valence-corrected chi connectivity index (χ3v) is 3.86. The number of pyridine rings is 1. The predicted molar refractivity (Wildman–Crippen MR) is 89.2 cm³/mol. The fraction of sp³-hybridized carbons (Fsp3) is 0.333. The van der Waals surface area contributed by atoms with E-state index in [1.54, 1.807) is 0 Å². The van der Waals surface area contributed by atoms with Gasteiger partial charge in [0.2, 0.25) is 0 Å². The average Bonchev–Trinajstić information content (AvgIpc) is 2.55. The Morgan fingerprint density at radius 3 is 2.40 bits per heavy atom. The van der Waals surface area contributed by atoms with E-state index in [0.29, 0.717) is 0 Å². The summed E-state index contributed by atoms with van der Waals surface area (Å²) in [6.07, 6.45) is -3.65. The van der Waals surface area contributed by atoms with E-state index < -0.39 is 23.3 Å². The van der Waals surface area contributed by atoms with Gasteiger partial charge in [-0.3, -0.25) is 9.78 Å². The van der Waals surface area contributed by atoms with Gasteiger partial charge < -0.3 is 10.2 Å². The van der Waals surface area contributed by atoms with E-state index in [1.807, 2.05) is 50.2 Å². The van der Waals surface area contributed by atoms with E-state index >= 15 is 0 Å². The largest absolute Gasteiger partial charge is 0.434 e. The van der Waals surface area contributed by atoms with Crippen molar-refractivity contribution in [2.45, 2.75) is 19.1 Å². The highest BCUT2D eigenvalue weighted by Gasteiger charge is 2.37. The molecule has 2 aromatic rings. The summed E-state index contributed by atoms with van der Waals surface area (Å²) in [4.78, 5) is 17.5. The summed E-state index contributed by atoms with van der Waals surface area (Å²) in [5.74, 6) is -0.792. The number of likely N-dealkylation sites (N-methyl/N-ethyl adjacent to an activating group) is 1. The zero-order valence-electron chi connectivity index (χ0n) is 14.3. The van der Waals surface area contributed by atoms with E-state index in [4.69, 9.17) is 0 Å². The number of alkyl halides is 3. The molecular formula is C18H20F3N3O. The number of benzene rings is 1. The molecule has 1 unspecified atom stereocenters. The number of nitrogens with one attached hydrogen (secondary N) is 1. The van der Waals surface area contributed by atoms with Crippen LogP contribution in [0.1, 0.15) is 33.2 Å². The fourth-order valence-corrected chi connectivity index (χ4v) is 2.49. The number of halogens is 3. The Morgan fingerprint density at radius 2 is 1.84 bits per heavy atom. The van der Waals surface area contributed by atoms with Gasteiger partial charge in [0.15, 0.2) is 5.69 Å². The number of hydrogen-bond donors (Lipinski definition) is 1. The summed E-state index contributed by atoms with van der Waals surface area (Å²) >= 11 is 0. The Labute approximate surface area is 144 Å². The monoisotopic (exact) mass is 351 g/mol. The maximum atomic E-state index is 13.0. The molecule has 1 aromatic heterocycles. The van der Waals surface area contributed by atoms with Gasteiger partial charge in [0.05, 0.1) is 11.6 Å². The second-order valence-corrected chi connectivity index (χ2v) is 6.00. The summed E-state index contributed by atoms with van der Waals surface area (Å²) in [7, 11) is 3.70. The van der Waals surface area contributed by atoms with Crippen molar-refractivity contribution >= 4 is 5.91 Å². The Kier molecular flexibility index (Phi) is 5.79. The summed E-state index contributed by atoms with van der Waals surface area (Å²) in [5, 5.41) is 2.59. The van der Waals surface area contributed by atoms with Crippen LogP contribution in [0, 0.1) is 6.92 Å².